The van der Waals surface area contributed by atoms with E-state index in [0.29, 0.717) is 24.9 Å². The molecule has 178 valence electrons. The van der Waals surface area contributed by atoms with E-state index in [1.54, 1.807) is 12.1 Å². The van der Waals surface area contributed by atoms with Crippen molar-refractivity contribution >= 4 is 29.2 Å². The maximum atomic E-state index is 13.3. The quantitative estimate of drug-likeness (QED) is 0.306. The van der Waals surface area contributed by atoms with Crippen molar-refractivity contribution in [3.63, 3.8) is 0 Å². The molecule has 0 saturated carbocycles. The summed E-state index contributed by atoms with van der Waals surface area (Å²) in [6.45, 7) is 10.3. The van der Waals surface area contributed by atoms with E-state index in [9.17, 15) is 14.7 Å². The number of Topliss-reactive ketones (excluding diaryl/α,β-unsaturated/α-hetero) is 1. The van der Waals surface area contributed by atoms with Crippen LogP contribution in [0.25, 0.3) is 0 Å². The van der Waals surface area contributed by atoms with Crippen LogP contribution in [0.3, 0.4) is 0 Å². The fraction of sp³-hybridized carbons (Fsp3) is 0.481. The van der Waals surface area contributed by atoms with Crippen molar-refractivity contribution in [2.24, 2.45) is 0 Å². The first kappa shape index (κ1) is 25.2. The van der Waals surface area contributed by atoms with Gasteiger partial charge in [-0.2, -0.15) is 0 Å². The first-order valence-electron chi connectivity index (χ1n) is 11.5. The average molecular weight is 470 g/mol. The lowest BCUT2D eigenvalue weighted by Crippen LogP contribution is -2.49. The number of phenolic OH excluding ortho intramolecular Hbond substituents is 1. The number of carbonyl (C=O) groups is 2. The predicted octanol–water partition coefficient (Wildman–Crippen LogP) is 5.73. The molecular weight excluding hydrogens is 434 g/mol. The number of anilines is 1. The minimum absolute atomic E-state index is 0.0789. The Bertz CT molecular complexity index is 1010. The lowest BCUT2D eigenvalue weighted by Gasteiger charge is -2.39. The Labute approximate surface area is 201 Å². The van der Waals surface area contributed by atoms with Gasteiger partial charge < -0.3 is 15.6 Å². The van der Waals surface area contributed by atoms with E-state index in [-0.39, 0.29) is 23.4 Å². The van der Waals surface area contributed by atoms with E-state index >= 15 is 0 Å². The van der Waals surface area contributed by atoms with Crippen LogP contribution in [0.5, 0.6) is 5.75 Å². The highest BCUT2D eigenvalue weighted by atomic mass is 32.2. The number of rotatable bonds is 7. The van der Waals surface area contributed by atoms with Gasteiger partial charge in [0.05, 0.1) is 0 Å². The van der Waals surface area contributed by atoms with Gasteiger partial charge in [-0.1, -0.05) is 46.2 Å². The monoisotopic (exact) mass is 469 g/mol. The van der Waals surface area contributed by atoms with Crippen LogP contribution >= 0.6 is 11.8 Å². The number of phenols is 1. The van der Waals surface area contributed by atoms with Crippen LogP contribution in [0.2, 0.25) is 0 Å². The lowest BCUT2D eigenvalue weighted by molar-refractivity contribution is -0.171. The molecule has 1 aliphatic rings. The number of thioether (sulfide) groups is 1. The zero-order chi connectivity index (χ0) is 24.4. The molecule has 1 heterocycles. The number of carbonyl (C=O) groups excluding carboxylic acids is 2. The Kier molecular flexibility index (Phi) is 7.47. The molecule has 0 bridgehead atoms. The number of benzene rings is 2. The van der Waals surface area contributed by atoms with E-state index in [1.165, 1.54) is 11.8 Å². The first-order chi connectivity index (χ1) is 15.4. The molecule has 1 aliphatic heterocycles. The first-order valence-corrected chi connectivity index (χ1v) is 12.4. The second kappa shape index (κ2) is 9.80. The molecule has 2 atom stereocenters. The van der Waals surface area contributed by atoms with Crippen LogP contribution in [0.4, 0.5) is 5.69 Å². The van der Waals surface area contributed by atoms with Gasteiger partial charge in [-0.15, -0.1) is 11.8 Å². The van der Waals surface area contributed by atoms with Crippen LogP contribution in [0.1, 0.15) is 70.1 Å². The number of nitrogen functional groups attached to an aromatic ring is 1. The van der Waals surface area contributed by atoms with Crippen molar-refractivity contribution in [1.29, 1.82) is 0 Å². The molecule has 6 heteroatoms. The molecule has 0 aromatic heterocycles. The van der Waals surface area contributed by atoms with Gasteiger partial charge in [0.2, 0.25) is 0 Å². The van der Waals surface area contributed by atoms with Crippen LogP contribution in [-0.2, 0) is 26.2 Å². The van der Waals surface area contributed by atoms with Gasteiger partial charge in [0.15, 0.2) is 11.0 Å². The SMILES string of the molecule is CCCC1(CCc2ccc(O)cc2)CC(=O)C(Sc2cc(C)c(N)cc2C(C)(C)C)C(=O)O1. The van der Waals surface area contributed by atoms with Crippen LogP contribution in [0.15, 0.2) is 41.3 Å². The minimum atomic E-state index is -0.868. The molecule has 0 radical (unpaired) electrons. The van der Waals surface area contributed by atoms with Crippen molar-refractivity contribution in [2.75, 3.05) is 5.73 Å². The van der Waals surface area contributed by atoms with Gasteiger partial charge in [0.25, 0.3) is 0 Å². The van der Waals surface area contributed by atoms with E-state index in [2.05, 4.69) is 20.8 Å². The summed E-state index contributed by atoms with van der Waals surface area (Å²) in [6, 6.07) is 10.9. The summed E-state index contributed by atoms with van der Waals surface area (Å²) in [5, 5.41) is 8.64. The molecule has 2 unspecified atom stereocenters. The van der Waals surface area contributed by atoms with Crippen molar-refractivity contribution < 1.29 is 19.4 Å². The highest BCUT2D eigenvalue weighted by Gasteiger charge is 2.47. The second-order valence-corrected chi connectivity index (χ2v) is 11.3. The van der Waals surface area contributed by atoms with Gasteiger partial charge in [0.1, 0.15) is 11.4 Å². The molecule has 2 aromatic carbocycles. The van der Waals surface area contributed by atoms with Gasteiger partial charge >= 0.3 is 5.97 Å². The van der Waals surface area contributed by atoms with E-state index in [0.717, 1.165) is 28.0 Å². The van der Waals surface area contributed by atoms with Gasteiger partial charge in [-0.25, -0.2) is 0 Å². The number of aryl methyl sites for hydroxylation is 2. The number of cyclic esters (lactones) is 1. The Morgan fingerprint density at radius 1 is 1.15 bits per heavy atom. The summed E-state index contributed by atoms with van der Waals surface area (Å²) in [7, 11) is 0. The van der Waals surface area contributed by atoms with Gasteiger partial charge in [-0.05, 0) is 72.6 Å². The molecule has 1 saturated heterocycles. The Balaban J connectivity index is 1.81. The van der Waals surface area contributed by atoms with Gasteiger partial charge in [-0.3, -0.25) is 9.59 Å². The molecule has 0 aliphatic carbocycles. The Hall–Kier alpha value is -2.47. The molecule has 0 amide bonds. The molecule has 3 N–H and O–H groups in total. The maximum absolute atomic E-state index is 13.3. The zero-order valence-corrected chi connectivity index (χ0v) is 21.1. The van der Waals surface area contributed by atoms with Crippen LogP contribution in [0, 0.1) is 6.92 Å². The fourth-order valence-corrected chi connectivity index (χ4v) is 5.71. The maximum Gasteiger partial charge on any atom is 0.327 e. The highest BCUT2D eigenvalue weighted by Crippen LogP contribution is 2.42. The van der Waals surface area contributed by atoms with Crippen LogP contribution < -0.4 is 5.73 Å². The Morgan fingerprint density at radius 3 is 2.39 bits per heavy atom. The fourth-order valence-electron chi connectivity index (χ4n) is 4.36. The van der Waals surface area contributed by atoms with Crippen LogP contribution in [-0.4, -0.2) is 27.7 Å². The number of hydrogen-bond donors (Lipinski definition) is 2. The summed E-state index contributed by atoms with van der Waals surface area (Å²) in [5.74, 6) is -0.317. The largest absolute Gasteiger partial charge is 0.508 e. The molecule has 3 rings (SSSR count). The summed E-state index contributed by atoms with van der Waals surface area (Å²) >= 11 is 1.28. The highest BCUT2D eigenvalue weighted by molar-refractivity contribution is 8.01. The van der Waals surface area contributed by atoms with Crippen molar-refractivity contribution in [3.8, 4) is 5.75 Å². The summed E-state index contributed by atoms with van der Waals surface area (Å²) in [5.41, 5.74) is 8.89. The Morgan fingerprint density at radius 2 is 1.82 bits per heavy atom. The topological polar surface area (TPSA) is 89.6 Å². The minimum Gasteiger partial charge on any atom is -0.508 e. The number of esters is 1. The molecular formula is C27H35NO4S. The average Bonchev–Trinajstić information content (AvgIpc) is 2.72. The summed E-state index contributed by atoms with van der Waals surface area (Å²) < 4.78 is 6.04. The summed E-state index contributed by atoms with van der Waals surface area (Å²) in [6.07, 6.45) is 2.94. The number of hydrogen-bond acceptors (Lipinski definition) is 6. The van der Waals surface area contributed by atoms with Crippen molar-refractivity contribution in [1.82, 2.24) is 0 Å². The third-order valence-corrected chi connectivity index (χ3v) is 7.54. The van der Waals surface area contributed by atoms with E-state index in [1.807, 2.05) is 38.1 Å². The molecule has 2 aromatic rings. The third-order valence-electron chi connectivity index (χ3n) is 6.25. The summed E-state index contributed by atoms with van der Waals surface area (Å²) in [4.78, 5) is 27.3. The molecule has 1 fully saturated rings. The zero-order valence-electron chi connectivity index (χ0n) is 20.2. The molecule has 5 nitrogen and oxygen atoms in total. The third kappa shape index (κ3) is 5.91. The lowest BCUT2D eigenvalue weighted by atomic mass is 9.83. The smallest absolute Gasteiger partial charge is 0.327 e. The number of ether oxygens (including phenoxy) is 1. The molecule has 0 spiro atoms. The van der Waals surface area contributed by atoms with E-state index < -0.39 is 16.8 Å². The van der Waals surface area contributed by atoms with Crippen molar-refractivity contribution in [3.05, 3.63) is 53.1 Å². The van der Waals surface area contributed by atoms with Gasteiger partial charge in [0, 0.05) is 17.0 Å². The van der Waals surface area contributed by atoms with Crippen molar-refractivity contribution in [2.45, 2.75) is 87.9 Å². The number of aromatic hydroxyl groups is 1. The number of ketones is 1. The normalized spacial score (nSPS) is 21.2. The molecule has 33 heavy (non-hydrogen) atoms. The predicted molar refractivity (Wildman–Crippen MR) is 134 cm³/mol. The number of nitrogens with two attached hydrogens (primary N) is 1. The standard InChI is InChI=1S/C27H35NO4S/c1-6-12-27(13-11-18-7-9-19(29)10-8-18)16-22(30)24(25(31)32-27)33-23-14-17(2)21(28)15-20(23)26(3,4)5/h7-10,14-15,24,29H,6,11-13,16,28H2,1-5H3. The second-order valence-electron chi connectivity index (χ2n) is 10.1. The van der Waals surface area contributed by atoms with E-state index in [4.69, 9.17) is 10.5 Å².